The van der Waals surface area contributed by atoms with Gasteiger partial charge in [-0.3, -0.25) is 4.68 Å². The van der Waals surface area contributed by atoms with E-state index in [2.05, 4.69) is 50.4 Å². The summed E-state index contributed by atoms with van der Waals surface area (Å²) in [6.07, 6.45) is 2.64. The molecule has 0 fully saturated rings. The Morgan fingerprint density at radius 1 is 1.24 bits per heavy atom. The van der Waals surface area contributed by atoms with E-state index in [9.17, 15) is 0 Å². The number of thiophene rings is 1. The highest BCUT2D eigenvalue weighted by molar-refractivity contribution is 7.18. The standard InChI is InChI=1S/C15H19N5S/c1-10-8-21-14-13(10)17-9-18-15(14)16-5-4-6-20-12(3)7-11(2)19-20/h7-9H,4-6H2,1-3H3,(H,16,17,18). The number of nitrogens with one attached hydrogen (secondary N) is 1. The predicted octanol–water partition coefficient (Wildman–Crippen LogP) is 3.32. The van der Waals surface area contributed by atoms with Gasteiger partial charge >= 0.3 is 0 Å². The number of nitrogens with zero attached hydrogens (tertiary/aromatic N) is 4. The van der Waals surface area contributed by atoms with Crippen molar-refractivity contribution in [2.24, 2.45) is 0 Å². The zero-order valence-corrected chi connectivity index (χ0v) is 13.4. The molecule has 0 aliphatic rings. The second-order valence-electron chi connectivity index (χ2n) is 5.25. The maximum atomic E-state index is 4.47. The average molecular weight is 301 g/mol. The summed E-state index contributed by atoms with van der Waals surface area (Å²) in [4.78, 5) is 8.69. The van der Waals surface area contributed by atoms with Gasteiger partial charge in [-0.2, -0.15) is 5.10 Å². The molecule has 21 heavy (non-hydrogen) atoms. The van der Waals surface area contributed by atoms with E-state index in [0.29, 0.717) is 0 Å². The van der Waals surface area contributed by atoms with Gasteiger partial charge in [-0.05, 0) is 44.2 Å². The van der Waals surface area contributed by atoms with Crippen LogP contribution in [0.2, 0.25) is 0 Å². The minimum Gasteiger partial charge on any atom is -0.369 e. The predicted molar refractivity (Wildman–Crippen MR) is 87.0 cm³/mol. The Kier molecular flexibility index (Phi) is 3.88. The second-order valence-corrected chi connectivity index (χ2v) is 6.13. The van der Waals surface area contributed by atoms with Crippen molar-refractivity contribution < 1.29 is 0 Å². The summed E-state index contributed by atoms with van der Waals surface area (Å²) >= 11 is 1.70. The van der Waals surface area contributed by atoms with Gasteiger partial charge in [-0.25, -0.2) is 9.97 Å². The number of aromatic nitrogens is 4. The molecule has 110 valence electrons. The SMILES string of the molecule is Cc1cc(C)n(CCCNc2ncnc3c(C)csc23)n1. The van der Waals surface area contributed by atoms with Gasteiger partial charge in [0.1, 0.15) is 12.1 Å². The van der Waals surface area contributed by atoms with Crippen LogP contribution >= 0.6 is 11.3 Å². The van der Waals surface area contributed by atoms with Crippen LogP contribution in [0.4, 0.5) is 5.82 Å². The molecule has 0 bridgehead atoms. The molecule has 0 saturated heterocycles. The Morgan fingerprint density at radius 3 is 2.86 bits per heavy atom. The lowest BCUT2D eigenvalue weighted by Gasteiger charge is -2.07. The summed E-state index contributed by atoms with van der Waals surface area (Å²) in [6.45, 7) is 8.00. The maximum Gasteiger partial charge on any atom is 0.147 e. The van der Waals surface area contributed by atoms with Crippen LogP contribution in [0.25, 0.3) is 10.2 Å². The summed E-state index contributed by atoms with van der Waals surface area (Å²) in [5.41, 5.74) is 4.55. The van der Waals surface area contributed by atoms with Gasteiger partial charge in [0, 0.05) is 18.8 Å². The van der Waals surface area contributed by atoms with Gasteiger partial charge < -0.3 is 5.32 Å². The Hall–Kier alpha value is -1.95. The minimum atomic E-state index is 0.876. The minimum absolute atomic E-state index is 0.876. The smallest absolute Gasteiger partial charge is 0.147 e. The van der Waals surface area contributed by atoms with Crippen LogP contribution in [-0.4, -0.2) is 26.3 Å². The van der Waals surface area contributed by atoms with Crippen molar-refractivity contribution >= 4 is 27.4 Å². The average Bonchev–Trinajstić information content (AvgIpc) is 2.99. The van der Waals surface area contributed by atoms with Crippen molar-refractivity contribution in [1.82, 2.24) is 19.7 Å². The van der Waals surface area contributed by atoms with Crippen LogP contribution in [0.3, 0.4) is 0 Å². The molecule has 1 N–H and O–H groups in total. The summed E-state index contributed by atoms with van der Waals surface area (Å²) in [5.74, 6) is 0.937. The Morgan fingerprint density at radius 2 is 2.10 bits per heavy atom. The molecule has 0 aliphatic heterocycles. The Bertz CT molecular complexity index is 759. The first-order chi connectivity index (χ1) is 10.1. The van der Waals surface area contributed by atoms with Gasteiger partial charge in [0.15, 0.2) is 0 Å². The summed E-state index contributed by atoms with van der Waals surface area (Å²) < 4.78 is 3.20. The number of rotatable bonds is 5. The molecule has 0 aromatic carbocycles. The molecular formula is C15H19N5S. The fourth-order valence-electron chi connectivity index (χ4n) is 2.43. The van der Waals surface area contributed by atoms with E-state index in [1.54, 1.807) is 17.7 Å². The molecule has 0 aliphatic carbocycles. The van der Waals surface area contributed by atoms with E-state index in [1.807, 2.05) is 6.92 Å². The van der Waals surface area contributed by atoms with Crippen molar-refractivity contribution in [3.63, 3.8) is 0 Å². The molecular weight excluding hydrogens is 282 g/mol. The maximum absolute atomic E-state index is 4.47. The lowest BCUT2D eigenvalue weighted by atomic mass is 10.3. The molecule has 6 heteroatoms. The zero-order valence-electron chi connectivity index (χ0n) is 12.6. The monoisotopic (exact) mass is 301 g/mol. The van der Waals surface area contributed by atoms with Crippen LogP contribution < -0.4 is 5.32 Å². The van der Waals surface area contributed by atoms with Gasteiger partial charge in [-0.15, -0.1) is 11.3 Å². The van der Waals surface area contributed by atoms with Crippen molar-refractivity contribution in [2.45, 2.75) is 33.7 Å². The van der Waals surface area contributed by atoms with E-state index < -0.39 is 0 Å². The van der Waals surface area contributed by atoms with Crippen molar-refractivity contribution in [1.29, 1.82) is 0 Å². The molecule has 0 unspecified atom stereocenters. The van der Waals surface area contributed by atoms with Gasteiger partial charge in [0.05, 0.1) is 15.9 Å². The van der Waals surface area contributed by atoms with Crippen LogP contribution in [0.5, 0.6) is 0 Å². The topological polar surface area (TPSA) is 55.6 Å². The lowest BCUT2D eigenvalue weighted by Crippen LogP contribution is -2.09. The molecule has 0 atom stereocenters. The molecule has 0 saturated carbocycles. The first kappa shape index (κ1) is 14.0. The summed E-state index contributed by atoms with van der Waals surface area (Å²) in [5, 5.41) is 10.0. The van der Waals surface area contributed by atoms with Crippen LogP contribution in [-0.2, 0) is 6.54 Å². The highest BCUT2D eigenvalue weighted by atomic mass is 32.1. The van der Waals surface area contributed by atoms with Crippen molar-refractivity contribution in [3.8, 4) is 0 Å². The third-order valence-corrected chi connectivity index (χ3v) is 4.57. The van der Waals surface area contributed by atoms with E-state index in [-0.39, 0.29) is 0 Å². The third-order valence-electron chi connectivity index (χ3n) is 3.47. The molecule has 3 aromatic rings. The highest BCUT2D eigenvalue weighted by Crippen LogP contribution is 2.28. The van der Waals surface area contributed by atoms with Crippen LogP contribution in [0.1, 0.15) is 23.4 Å². The Labute approximate surface area is 128 Å². The van der Waals surface area contributed by atoms with Crippen molar-refractivity contribution in [2.75, 3.05) is 11.9 Å². The zero-order chi connectivity index (χ0) is 14.8. The fraction of sp³-hybridized carbons (Fsp3) is 0.400. The number of anilines is 1. The largest absolute Gasteiger partial charge is 0.369 e. The van der Waals surface area contributed by atoms with Gasteiger partial charge in [-0.1, -0.05) is 0 Å². The quantitative estimate of drug-likeness (QED) is 0.735. The normalized spacial score (nSPS) is 11.2. The molecule has 3 aromatic heterocycles. The summed E-state index contributed by atoms with van der Waals surface area (Å²) in [7, 11) is 0. The molecule has 0 amide bonds. The fourth-order valence-corrected chi connectivity index (χ4v) is 3.40. The molecule has 0 radical (unpaired) electrons. The number of fused-ring (bicyclic) bond motifs is 1. The van der Waals surface area contributed by atoms with E-state index in [1.165, 1.54) is 11.3 Å². The molecule has 5 nitrogen and oxygen atoms in total. The van der Waals surface area contributed by atoms with E-state index in [0.717, 1.165) is 41.2 Å². The Balaban J connectivity index is 1.61. The van der Waals surface area contributed by atoms with Crippen molar-refractivity contribution in [3.05, 3.63) is 34.7 Å². The van der Waals surface area contributed by atoms with Crippen LogP contribution in [0.15, 0.2) is 17.8 Å². The number of aryl methyl sites for hydroxylation is 4. The molecule has 3 rings (SSSR count). The highest BCUT2D eigenvalue weighted by Gasteiger charge is 2.07. The van der Waals surface area contributed by atoms with Gasteiger partial charge in [0.25, 0.3) is 0 Å². The first-order valence-corrected chi connectivity index (χ1v) is 7.97. The molecule has 3 heterocycles. The van der Waals surface area contributed by atoms with E-state index in [4.69, 9.17) is 0 Å². The van der Waals surface area contributed by atoms with E-state index >= 15 is 0 Å². The third kappa shape index (κ3) is 2.90. The summed E-state index contributed by atoms with van der Waals surface area (Å²) in [6, 6.07) is 2.11. The van der Waals surface area contributed by atoms with Crippen LogP contribution in [0, 0.1) is 20.8 Å². The lowest BCUT2D eigenvalue weighted by molar-refractivity contribution is 0.573. The first-order valence-electron chi connectivity index (χ1n) is 7.09. The van der Waals surface area contributed by atoms with Gasteiger partial charge in [0.2, 0.25) is 0 Å². The molecule has 0 spiro atoms. The number of hydrogen-bond acceptors (Lipinski definition) is 5. The number of hydrogen-bond donors (Lipinski definition) is 1. The second kappa shape index (κ2) is 5.81.